The molecule has 3 aromatic rings. The summed E-state index contributed by atoms with van der Waals surface area (Å²) in [7, 11) is 3.07. The lowest BCUT2D eigenvalue weighted by molar-refractivity contribution is 0.701. The SMILES string of the molecule is Cc1ccnc(Cn2cnc3c2c(=O)n(C)c(=O)n3C)c1. The first kappa shape index (κ1) is 13.3. The number of hydrogen-bond donors (Lipinski definition) is 0. The molecule has 0 saturated carbocycles. The maximum atomic E-state index is 12.3. The van der Waals surface area contributed by atoms with Gasteiger partial charge in [0.15, 0.2) is 11.2 Å². The van der Waals surface area contributed by atoms with Gasteiger partial charge < -0.3 is 4.57 Å². The van der Waals surface area contributed by atoms with Crippen molar-refractivity contribution < 1.29 is 0 Å². The van der Waals surface area contributed by atoms with Crippen LogP contribution in [-0.4, -0.2) is 23.7 Å². The summed E-state index contributed by atoms with van der Waals surface area (Å²) in [5.74, 6) is 0. The summed E-state index contributed by atoms with van der Waals surface area (Å²) in [6.07, 6.45) is 3.30. The summed E-state index contributed by atoms with van der Waals surface area (Å²) in [6.45, 7) is 2.42. The molecular formula is C14H15N5O2. The normalized spacial score (nSPS) is 11.2. The van der Waals surface area contributed by atoms with Gasteiger partial charge in [-0.15, -0.1) is 0 Å². The van der Waals surface area contributed by atoms with Gasteiger partial charge in [0.25, 0.3) is 5.56 Å². The van der Waals surface area contributed by atoms with Gasteiger partial charge in [0, 0.05) is 20.3 Å². The van der Waals surface area contributed by atoms with E-state index in [1.165, 1.54) is 11.6 Å². The van der Waals surface area contributed by atoms with Gasteiger partial charge >= 0.3 is 5.69 Å². The van der Waals surface area contributed by atoms with Crippen LogP contribution in [0.25, 0.3) is 11.2 Å². The molecular weight excluding hydrogens is 270 g/mol. The van der Waals surface area contributed by atoms with Crippen LogP contribution in [0.4, 0.5) is 0 Å². The lowest BCUT2D eigenvalue weighted by Gasteiger charge is -2.06. The smallest absolute Gasteiger partial charge is 0.319 e. The van der Waals surface area contributed by atoms with E-state index < -0.39 is 0 Å². The molecule has 0 radical (unpaired) electrons. The standard InChI is InChI=1S/C14H15N5O2/c1-9-4-5-15-10(6-9)7-19-8-16-12-11(19)13(20)18(3)14(21)17(12)2/h4-6,8H,7H2,1-3H3. The molecule has 7 nitrogen and oxygen atoms in total. The zero-order chi connectivity index (χ0) is 15.1. The minimum Gasteiger partial charge on any atom is -0.319 e. The number of pyridine rings is 1. The van der Waals surface area contributed by atoms with Crippen LogP contribution in [0.3, 0.4) is 0 Å². The Balaban J connectivity index is 2.21. The van der Waals surface area contributed by atoms with Gasteiger partial charge in [-0.25, -0.2) is 9.78 Å². The minimum absolute atomic E-state index is 0.349. The molecule has 0 aliphatic rings. The van der Waals surface area contributed by atoms with E-state index in [-0.39, 0.29) is 11.2 Å². The van der Waals surface area contributed by atoms with E-state index in [0.29, 0.717) is 17.7 Å². The van der Waals surface area contributed by atoms with E-state index in [2.05, 4.69) is 9.97 Å². The fourth-order valence-electron chi connectivity index (χ4n) is 2.38. The second-order valence-electron chi connectivity index (χ2n) is 5.07. The Bertz CT molecular complexity index is 948. The highest BCUT2D eigenvalue weighted by atomic mass is 16.2. The quantitative estimate of drug-likeness (QED) is 0.673. The number of imidazole rings is 1. The molecule has 0 aliphatic heterocycles. The largest absolute Gasteiger partial charge is 0.332 e. The van der Waals surface area contributed by atoms with Crippen molar-refractivity contribution >= 4 is 11.2 Å². The average molecular weight is 285 g/mol. The van der Waals surface area contributed by atoms with Crippen LogP contribution >= 0.6 is 0 Å². The van der Waals surface area contributed by atoms with E-state index in [9.17, 15) is 9.59 Å². The van der Waals surface area contributed by atoms with Crippen LogP contribution in [0.2, 0.25) is 0 Å². The average Bonchev–Trinajstić information content (AvgIpc) is 2.87. The predicted molar refractivity (Wildman–Crippen MR) is 78.3 cm³/mol. The van der Waals surface area contributed by atoms with Crippen LogP contribution in [0.1, 0.15) is 11.3 Å². The van der Waals surface area contributed by atoms with Gasteiger partial charge in [0.05, 0.1) is 18.6 Å². The fraction of sp³-hybridized carbons (Fsp3) is 0.286. The van der Waals surface area contributed by atoms with Gasteiger partial charge in [-0.3, -0.25) is 18.9 Å². The Morgan fingerprint density at radius 3 is 2.62 bits per heavy atom. The predicted octanol–water partition coefficient (Wildman–Crippen LogP) is 0.185. The zero-order valence-electron chi connectivity index (χ0n) is 12.1. The number of rotatable bonds is 2. The molecule has 108 valence electrons. The topological polar surface area (TPSA) is 74.7 Å². The van der Waals surface area contributed by atoms with E-state index in [4.69, 9.17) is 0 Å². The van der Waals surface area contributed by atoms with E-state index >= 15 is 0 Å². The Kier molecular flexibility index (Phi) is 2.97. The van der Waals surface area contributed by atoms with Crippen LogP contribution < -0.4 is 11.2 Å². The van der Waals surface area contributed by atoms with Crippen molar-refractivity contribution in [1.29, 1.82) is 0 Å². The lowest BCUT2D eigenvalue weighted by atomic mass is 10.2. The number of hydrogen-bond acceptors (Lipinski definition) is 4. The van der Waals surface area contributed by atoms with Crippen molar-refractivity contribution in [2.24, 2.45) is 14.1 Å². The zero-order valence-corrected chi connectivity index (χ0v) is 12.1. The first-order valence-corrected chi connectivity index (χ1v) is 6.51. The van der Waals surface area contributed by atoms with Crippen LogP contribution in [0.5, 0.6) is 0 Å². The van der Waals surface area contributed by atoms with Crippen molar-refractivity contribution in [3.8, 4) is 0 Å². The molecule has 0 bridgehead atoms. The molecule has 0 atom stereocenters. The molecule has 7 heteroatoms. The Morgan fingerprint density at radius 2 is 1.90 bits per heavy atom. The summed E-state index contributed by atoms with van der Waals surface area (Å²) in [4.78, 5) is 32.7. The molecule has 0 aromatic carbocycles. The third-order valence-corrected chi connectivity index (χ3v) is 3.52. The number of aryl methyl sites for hydroxylation is 2. The van der Waals surface area contributed by atoms with Gasteiger partial charge in [-0.1, -0.05) is 0 Å². The summed E-state index contributed by atoms with van der Waals surface area (Å²) >= 11 is 0. The summed E-state index contributed by atoms with van der Waals surface area (Å²) in [6, 6.07) is 3.87. The number of fused-ring (bicyclic) bond motifs is 1. The monoisotopic (exact) mass is 285 g/mol. The molecule has 3 rings (SSSR count). The van der Waals surface area contributed by atoms with Crippen LogP contribution in [-0.2, 0) is 20.6 Å². The number of nitrogens with zero attached hydrogens (tertiary/aromatic N) is 5. The maximum absolute atomic E-state index is 12.3. The van der Waals surface area contributed by atoms with Crippen LogP contribution in [0.15, 0.2) is 34.2 Å². The van der Waals surface area contributed by atoms with Gasteiger partial charge in [0.2, 0.25) is 0 Å². The Morgan fingerprint density at radius 1 is 1.14 bits per heavy atom. The third-order valence-electron chi connectivity index (χ3n) is 3.52. The highest BCUT2D eigenvalue weighted by molar-refractivity contribution is 5.70. The first-order valence-electron chi connectivity index (χ1n) is 6.51. The van der Waals surface area contributed by atoms with Gasteiger partial charge in [-0.05, 0) is 24.6 Å². The Labute approximate surface area is 120 Å². The van der Waals surface area contributed by atoms with Gasteiger partial charge in [0.1, 0.15) is 0 Å². The minimum atomic E-state index is -0.383. The van der Waals surface area contributed by atoms with Gasteiger partial charge in [-0.2, -0.15) is 0 Å². The van der Waals surface area contributed by atoms with E-state index in [0.717, 1.165) is 15.8 Å². The van der Waals surface area contributed by atoms with Crippen molar-refractivity contribution in [2.75, 3.05) is 0 Å². The molecule has 0 spiro atoms. The number of aromatic nitrogens is 5. The fourth-order valence-corrected chi connectivity index (χ4v) is 2.38. The molecule has 0 amide bonds. The highest BCUT2D eigenvalue weighted by Crippen LogP contribution is 2.09. The lowest BCUT2D eigenvalue weighted by Crippen LogP contribution is -2.37. The molecule has 0 unspecified atom stereocenters. The molecule has 3 aromatic heterocycles. The summed E-state index contributed by atoms with van der Waals surface area (Å²) < 4.78 is 4.18. The second kappa shape index (κ2) is 4.69. The molecule has 0 aliphatic carbocycles. The van der Waals surface area contributed by atoms with Crippen molar-refractivity contribution in [2.45, 2.75) is 13.5 Å². The Hall–Kier alpha value is -2.70. The third kappa shape index (κ3) is 2.06. The van der Waals surface area contributed by atoms with E-state index in [1.54, 1.807) is 24.1 Å². The summed E-state index contributed by atoms with van der Waals surface area (Å²) in [5, 5.41) is 0. The van der Waals surface area contributed by atoms with Crippen molar-refractivity contribution in [3.05, 3.63) is 56.8 Å². The van der Waals surface area contributed by atoms with Crippen LogP contribution in [0, 0.1) is 6.92 Å². The molecule has 0 saturated heterocycles. The highest BCUT2D eigenvalue weighted by Gasteiger charge is 2.14. The molecule has 3 heterocycles. The van der Waals surface area contributed by atoms with Crippen molar-refractivity contribution in [1.82, 2.24) is 23.7 Å². The second-order valence-corrected chi connectivity index (χ2v) is 5.07. The summed E-state index contributed by atoms with van der Waals surface area (Å²) in [5.41, 5.74) is 2.00. The first-order chi connectivity index (χ1) is 9.99. The molecule has 0 N–H and O–H groups in total. The van der Waals surface area contributed by atoms with E-state index in [1.807, 2.05) is 19.1 Å². The molecule has 21 heavy (non-hydrogen) atoms. The van der Waals surface area contributed by atoms with Crippen molar-refractivity contribution in [3.63, 3.8) is 0 Å². The molecule has 0 fully saturated rings. The maximum Gasteiger partial charge on any atom is 0.332 e.